The molecule has 5 nitrogen and oxygen atoms in total. The van der Waals surface area contributed by atoms with Crippen molar-refractivity contribution in [2.75, 3.05) is 5.73 Å². The number of rotatable bonds is 4. The molecule has 0 aliphatic heterocycles. The van der Waals surface area contributed by atoms with E-state index in [1.165, 1.54) is 12.1 Å². The van der Waals surface area contributed by atoms with Crippen LogP contribution >= 0.6 is 0 Å². The molecule has 2 rings (SSSR count). The summed E-state index contributed by atoms with van der Waals surface area (Å²) in [6, 6.07) is 13.8. The average molecular weight is 244 g/mol. The fourth-order valence-electron chi connectivity index (χ4n) is 1.53. The molecule has 0 bridgehead atoms. The van der Waals surface area contributed by atoms with E-state index < -0.39 is 4.92 Å². The van der Waals surface area contributed by atoms with Crippen molar-refractivity contribution in [3.05, 3.63) is 64.2 Å². The molecule has 0 saturated heterocycles. The second-order valence-corrected chi connectivity index (χ2v) is 3.76. The van der Waals surface area contributed by atoms with Gasteiger partial charge in [-0.05, 0) is 17.7 Å². The molecule has 2 aromatic carbocycles. The van der Waals surface area contributed by atoms with E-state index in [0.717, 1.165) is 5.56 Å². The van der Waals surface area contributed by atoms with Gasteiger partial charge in [-0.2, -0.15) is 0 Å². The Bertz CT molecular complexity index is 555. The summed E-state index contributed by atoms with van der Waals surface area (Å²) in [6.07, 6.45) is 0. The first kappa shape index (κ1) is 11.9. The summed E-state index contributed by atoms with van der Waals surface area (Å²) in [6.45, 7) is 0.283. The minimum Gasteiger partial charge on any atom is -0.482 e. The molecule has 2 N–H and O–H groups in total. The largest absolute Gasteiger partial charge is 0.482 e. The van der Waals surface area contributed by atoms with Crippen LogP contribution in [0.15, 0.2) is 48.5 Å². The molecule has 0 saturated carbocycles. The zero-order valence-corrected chi connectivity index (χ0v) is 9.58. The lowest BCUT2D eigenvalue weighted by atomic mass is 10.2. The van der Waals surface area contributed by atoms with Crippen LogP contribution < -0.4 is 10.5 Å². The van der Waals surface area contributed by atoms with Crippen molar-refractivity contribution in [3.8, 4) is 5.75 Å². The molecular formula is C13H12N2O3. The standard InChI is InChI=1S/C13H12N2O3/c14-11-6-7-13(12(8-11)15(16)17)18-9-10-4-2-1-3-5-10/h1-8H,9,14H2. The van der Waals surface area contributed by atoms with Crippen molar-refractivity contribution in [3.63, 3.8) is 0 Å². The van der Waals surface area contributed by atoms with Crippen molar-refractivity contribution in [1.82, 2.24) is 0 Å². The highest BCUT2D eigenvalue weighted by atomic mass is 16.6. The summed E-state index contributed by atoms with van der Waals surface area (Å²) in [5, 5.41) is 10.9. The van der Waals surface area contributed by atoms with Gasteiger partial charge in [0.05, 0.1) is 4.92 Å². The Labute approximate surface area is 104 Å². The first-order valence-corrected chi connectivity index (χ1v) is 5.37. The second kappa shape index (κ2) is 5.18. The fraction of sp³-hybridized carbons (Fsp3) is 0.0769. The SMILES string of the molecule is Nc1ccc(OCc2ccccc2)c([N+](=O)[O-])c1. The van der Waals surface area contributed by atoms with Crippen molar-refractivity contribution < 1.29 is 9.66 Å². The number of hydrogen-bond acceptors (Lipinski definition) is 4. The Morgan fingerprint density at radius 3 is 2.56 bits per heavy atom. The summed E-state index contributed by atoms with van der Waals surface area (Å²) < 4.78 is 5.44. The van der Waals surface area contributed by atoms with E-state index in [0.29, 0.717) is 5.69 Å². The summed E-state index contributed by atoms with van der Waals surface area (Å²) >= 11 is 0. The molecule has 92 valence electrons. The Balaban J connectivity index is 2.17. The predicted molar refractivity (Wildman–Crippen MR) is 68.3 cm³/mol. The molecule has 0 heterocycles. The van der Waals surface area contributed by atoms with Crippen LogP contribution in [-0.2, 0) is 6.61 Å². The highest BCUT2D eigenvalue weighted by Gasteiger charge is 2.15. The number of hydrogen-bond donors (Lipinski definition) is 1. The molecule has 0 radical (unpaired) electrons. The Kier molecular flexibility index (Phi) is 3.43. The average Bonchev–Trinajstić information content (AvgIpc) is 2.38. The lowest BCUT2D eigenvalue weighted by Gasteiger charge is -2.07. The summed E-state index contributed by atoms with van der Waals surface area (Å²) in [5.74, 6) is 0.220. The molecule has 0 fully saturated rings. The Morgan fingerprint density at radius 2 is 1.89 bits per heavy atom. The van der Waals surface area contributed by atoms with Crippen LogP contribution in [0.25, 0.3) is 0 Å². The quantitative estimate of drug-likeness (QED) is 0.509. The molecule has 0 amide bonds. The van der Waals surface area contributed by atoms with Gasteiger partial charge < -0.3 is 10.5 Å². The maximum Gasteiger partial charge on any atom is 0.312 e. The normalized spacial score (nSPS) is 10.0. The van der Waals surface area contributed by atoms with E-state index in [4.69, 9.17) is 10.5 Å². The number of anilines is 1. The van der Waals surface area contributed by atoms with Crippen molar-refractivity contribution in [2.45, 2.75) is 6.61 Å². The molecule has 18 heavy (non-hydrogen) atoms. The number of ether oxygens (including phenoxy) is 1. The van der Waals surface area contributed by atoms with E-state index in [-0.39, 0.29) is 18.0 Å². The Hall–Kier alpha value is -2.56. The van der Waals surface area contributed by atoms with Crippen LogP contribution in [0.1, 0.15) is 5.56 Å². The zero-order chi connectivity index (χ0) is 13.0. The smallest absolute Gasteiger partial charge is 0.312 e. The molecule has 0 unspecified atom stereocenters. The number of nitro groups is 1. The maximum absolute atomic E-state index is 10.9. The van der Waals surface area contributed by atoms with Gasteiger partial charge in [-0.3, -0.25) is 10.1 Å². The van der Waals surface area contributed by atoms with Crippen LogP contribution in [0.3, 0.4) is 0 Å². The number of nitro benzene ring substituents is 1. The molecule has 0 aliphatic rings. The minimum absolute atomic E-state index is 0.120. The van der Waals surface area contributed by atoms with E-state index in [2.05, 4.69) is 0 Å². The van der Waals surface area contributed by atoms with Crippen LogP contribution in [-0.4, -0.2) is 4.92 Å². The van der Waals surface area contributed by atoms with Gasteiger partial charge in [0.1, 0.15) is 6.61 Å². The van der Waals surface area contributed by atoms with Gasteiger partial charge in [0, 0.05) is 11.8 Å². The van der Waals surface area contributed by atoms with E-state index >= 15 is 0 Å². The van der Waals surface area contributed by atoms with E-state index in [1.54, 1.807) is 6.07 Å². The molecule has 0 aromatic heterocycles. The molecule has 0 atom stereocenters. The van der Waals surface area contributed by atoms with Crippen molar-refractivity contribution in [1.29, 1.82) is 0 Å². The van der Waals surface area contributed by atoms with Crippen molar-refractivity contribution >= 4 is 11.4 Å². The van der Waals surface area contributed by atoms with Crippen LogP contribution in [0.4, 0.5) is 11.4 Å². The van der Waals surface area contributed by atoms with Gasteiger partial charge >= 0.3 is 5.69 Å². The zero-order valence-electron chi connectivity index (χ0n) is 9.58. The van der Waals surface area contributed by atoms with Gasteiger partial charge in [0.15, 0.2) is 5.75 Å². The second-order valence-electron chi connectivity index (χ2n) is 3.76. The third-order valence-corrected chi connectivity index (χ3v) is 2.42. The first-order chi connectivity index (χ1) is 8.66. The molecule has 5 heteroatoms. The van der Waals surface area contributed by atoms with Crippen LogP contribution in [0.5, 0.6) is 5.75 Å². The third-order valence-electron chi connectivity index (χ3n) is 2.42. The van der Waals surface area contributed by atoms with Crippen LogP contribution in [0.2, 0.25) is 0 Å². The number of nitrogen functional groups attached to an aromatic ring is 1. The highest BCUT2D eigenvalue weighted by molar-refractivity contribution is 5.56. The molecule has 0 spiro atoms. The highest BCUT2D eigenvalue weighted by Crippen LogP contribution is 2.29. The monoisotopic (exact) mass is 244 g/mol. The van der Waals surface area contributed by atoms with Crippen LogP contribution in [0, 0.1) is 10.1 Å². The lowest BCUT2D eigenvalue weighted by molar-refractivity contribution is -0.385. The number of nitrogens with zero attached hydrogens (tertiary/aromatic N) is 1. The van der Waals surface area contributed by atoms with Gasteiger partial charge in [0.2, 0.25) is 0 Å². The summed E-state index contributed by atoms with van der Waals surface area (Å²) in [4.78, 5) is 10.4. The number of benzene rings is 2. The molecule has 0 aliphatic carbocycles. The van der Waals surface area contributed by atoms with Gasteiger partial charge in [-0.15, -0.1) is 0 Å². The predicted octanol–water partition coefficient (Wildman–Crippen LogP) is 2.76. The topological polar surface area (TPSA) is 78.4 Å². The first-order valence-electron chi connectivity index (χ1n) is 5.37. The van der Waals surface area contributed by atoms with E-state index in [9.17, 15) is 10.1 Å². The molecule has 2 aromatic rings. The van der Waals surface area contributed by atoms with Crippen molar-refractivity contribution in [2.24, 2.45) is 0 Å². The molecular weight excluding hydrogens is 232 g/mol. The Morgan fingerprint density at radius 1 is 1.17 bits per heavy atom. The number of nitrogens with two attached hydrogens (primary N) is 1. The minimum atomic E-state index is -0.503. The summed E-state index contributed by atoms with van der Waals surface area (Å²) in [7, 11) is 0. The fourth-order valence-corrected chi connectivity index (χ4v) is 1.53. The van der Waals surface area contributed by atoms with Gasteiger partial charge in [-0.25, -0.2) is 0 Å². The summed E-state index contributed by atoms with van der Waals surface area (Å²) in [5.41, 5.74) is 6.68. The maximum atomic E-state index is 10.9. The van der Waals surface area contributed by atoms with Gasteiger partial charge in [0.25, 0.3) is 0 Å². The third kappa shape index (κ3) is 2.76. The lowest BCUT2D eigenvalue weighted by Crippen LogP contribution is -1.99. The van der Waals surface area contributed by atoms with E-state index in [1.807, 2.05) is 30.3 Å². The van der Waals surface area contributed by atoms with Gasteiger partial charge in [-0.1, -0.05) is 30.3 Å².